The minimum atomic E-state index is -0.211. The first-order valence-electron chi connectivity index (χ1n) is 10.8. The summed E-state index contributed by atoms with van der Waals surface area (Å²) < 4.78 is 19.4. The fourth-order valence-corrected chi connectivity index (χ4v) is 6.04. The molecule has 0 unspecified atom stereocenters. The summed E-state index contributed by atoms with van der Waals surface area (Å²) in [6, 6.07) is 6.79. The van der Waals surface area contributed by atoms with Gasteiger partial charge in [-0.3, -0.25) is 14.6 Å². The maximum absolute atomic E-state index is 13.9. The molecule has 1 saturated carbocycles. The van der Waals surface area contributed by atoms with Crippen LogP contribution < -0.4 is 0 Å². The van der Waals surface area contributed by atoms with Crippen molar-refractivity contribution < 1.29 is 13.9 Å². The van der Waals surface area contributed by atoms with Crippen molar-refractivity contribution in [3.63, 3.8) is 0 Å². The fourth-order valence-electron chi connectivity index (χ4n) is 6.04. The molecule has 1 aliphatic carbocycles. The molecule has 1 aromatic rings. The van der Waals surface area contributed by atoms with Gasteiger partial charge in [0.25, 0.3) is 0 Å². The number of hydrogen-bond acceptors (Lipinski definition) is 4. The number of fused-ring (bicyclic) bond motifs is 1. The number of hydrogen-bond donors (Lipinski definition) is 0. The molecular formula is C23H34FN3O2. The van der Waals surface area contributed by atoms with Crippen LogP contribution >= 0.6 is 0 Å². The average molecular weight is 404 g/mol. The van der Waals surface area contributed by atoms with Crippen LogP contribution in [0, 0.1) is 22.6 Å². The molecule has 6 heteroatoms. The minimum absolute atomic E-state index is 0.162. The number of morpholine rings is 1. The Morgan fingerprint density at radius 3 is 2.69 bits per heavy atom. The molecular weight excluding hydrogens is 369 g/mol. The molecule has 0 N–H and O–H groups in total. The Balaban J connectivity index is 1.37. The number of likely N-dealkylation sites (N-methyl/N-ethyl adjacent to an activating group) is 1. The summed E-state index contributed by atoms with van der Waals surface area (Å²) in [7, 11) is 1.89. The Morgan fingerprint density at radius 2 is 2.00 bits per heavy atom. The summed E-state index contributed by atoms with van der Waals surface area (Å²) in [6.45, 7) is 11.8. The summed E-state index contributed by atoms with van der Waals surface area (Å²) in [4.78, 5) is 19.6. The molecule has 1 amide bonds. The Hall–Kier alpha value is -1.50. The van der Waals surface area contributed by atoms with Crippen molar-refractivity contribution >= 4 is 5.91 Å². The highest BCUT2D eigenvalue weighted by Crippen LogP contribution is 2.63. The number of nitrogens with zero attached hydrogens (tertiary/aromatic N) is 3. The van der Waals surface area contributed by atoms with Crippen LogP contribution in [0.3, 0.4) is 0 Å². The van der Waals surface area contributed by atoms with Gasteiger partial charge in [0.15, 0.2) is 0 Å². The predicted molar refractivity (Wildman–Crippen MR) is 111 cm³/mol. The lowest BCUT2D eigenvalue weighted by Crippen LogP contribution is -2.59. The van der Waals surface area contributed by atoms with Crippen LogP contribution in [0.5, 0.6) is 0 Å². The van der Waals surface area contributed by atoms with E-state index in [9.17, 15) is 9.18 Å². The van der Waals surface area contributed by atoms with Gasteiger partial charge in [-0.2, -0.15) is 0 Å². The SMILES string of the molecule is CN(CC(=O)N1C[C@@H]2C(C)(C)C[C@]2(CN2CCOCC2)C1)Cc1ccccc1F. The van der Waals surface area contributed by atoms with Gasteiger partial charge in [-0.15, -0.1) is 0 Å². The summed E-state index contributed by atoms with van der Waals surface area (Å²) in [5.41, 5.74) is 1.15. The maximum atomic E-state index is 13.9. The lowest BCUT2D eigenvalue weighted by molar-refractivity contribution is -0.131. The standard InChI is InChI=1S/C23H34FN3O2/c1-22(2)15-23(16-26-8-10-29-11-9-26)17-27(13-20(22)23)21(28)14-25(3)12-18-6-4-5-7-19(18)24/h4-7,20H,8-17H2,1-3H3/t20-,23+/m1/s1. The molecule has 0 spiro atoms. The Labute approximate surface area is 173 Å². The van der Waals surface area contributed by atoms with Crippen molar-refractivity contribution in [3.05, 3.63) is 35.6 Å². The zero-order valence-corrected chi connectivity index (χ0v) is 18.0. The van der Waals surface area contributed by atoms with E-state index >= 15 is 0 Å². The Bertz CT molecular complexity index is 749. The third-order valence-corrected chi connectivity index (χ3v) is 7.20. The second-order valence-electron chi connectivity index (χ2n) is 10.0. The molecule has 3 fully saturated rings. The van der Waals surface area contributed by atoms with E-state index in [0.29, 0.717) is 30.0 Å². The molecule has 1 aromatic carbocycles. The summed E-state index contributed by atoms with van der Waals surface area (Å²) in [6.07, 6.45) is 1.18. The number of ether oxygens (including phenoxy) is 1. The molecule has 3 aliphatic rings. The lowest BCUT2D eigenvalue weighted by Gasteiger charge is -2.58. The molecule has 4 rings (SSSR count). The molecule has 5 nitrogen and oxygen atoms in total. The first-order chi connectivity index (χ1) is 13.8. The molecule has 0 bridgehead atoms. The molecule has 2 heterocycles. The number of likely N-dealkylation sites (tertiary alicyclic amines) is 1. The topological polar surface area (TPSA) is 36.0 Å². The zero-order chi connectivity index (χ0) is 20.6. The smallest absolute Gasteiger partial charge is 0.236 e. The monoisotopic (exact) mass is 403 g/mol. The van der Waals surface area contributed by atoms with Crippen LogP contribution in [-0.4, -0.2) is 80.1 Å². The maximum Gasteiger partial charge on any atom is 0.236 e. The van der Waals surface area contributed by atoms with E-state index in [1.54, 1.807) is 12.1 Å². The highest BCUT2D eigenvalue weighted by Gasteiger charge is 2.63. The van der Waals surface area contributed by atoms with Gasteiger partial charge >= 0.3 is 0 Å². The van der Waals surface area contributed by atoms with E-state index in [0.717, 1.165) is 45.9 Å². The molecule has 0 radical (unpaired) electrons. The van der Waals surface area contributed by atoms with Crippen molar-refractivity contribution in [1.29, 1.82) is 0 Å². The summed E-state index contributed by atoms with van der Waals surface area (Å²) in [5.74, 6) is 0.506. The molecule has 2 saturated heterocycles. The fraction of sp³-hybridized carbons (Fsp3) is 0.696. The Kier molecular flexibility index (Phi) is 5.70. The first-order valence-corrected chi connectivity index (χ1v) is 10.8. The summed E-state index contributed by atoms with van der Waals surface area (Å²) in [5, 5.41) is 0. The van der Waals surface area contributed by atoms with Crippen molar-refractivity contribution in [1.82, 2.24) is 14.7 Å². The average Bonchev–Trinajstić information content (AvgIpc) is 2.99. The van der Waals surface area contributed by atoms with Crippen LogP contribution in [-0.2, 0) is 16.1 Å². The van der Waals surface area contributed by atoms with Gasteiger partial charge in [0.2, 0.25) is 5.91 Å². The number of halogens is 1. The van der Waals surface area contributed by atoms with E-state index < -0.39 is 0 Å². The van der Waals surface area contributed by atoms with Crippen LogP contribution in [0.4, 0.5) is 4.39 Å². The number of amides is 1. The van der Waals surface area contributed by atoms with Crippen LogP contribution in [0.15, 0.2) is 24.3 Å². The van der Waals surface area contributed by atoms with Crippen molar-refractivity contribution in [2.45, 2.75) is 26.8 Å². The number of carbonyl (C=O) groups excluding carboxylic acids is 1. The van der Waals surface area contributed by atoms with Gasteiger partial charge in [0.1, 0.15) is 5.82 Å². The first kappa shape index (κ1) is 20.8. The minimum Gasteiger partial charge on any atom is -0.379 e. The van der Waals surface area contributed by atoms with E-state index in [2.05, 4.69) is 23.6 Å². The van der Waals surface area contributed by atoms with Crippen molar-refractivity contribution in [3.8, 4) is 0 Å². The zero-order valence-electron chi connectivity index (χ0n) is 18.0. The molecule has 29 heavy (non-hydrogen) atoms. The predicted octanol–water partition coefficient (Wildman–Crippen LogP) is 2.46. The lowest BCUT2D eigenvalue weighted by atomic mass is 9.48. The molecule has 0 aromatic heterocycles. The van der Waals surface area contributed by atoms with Crippen molar-refractivity contribution in [2.24, 2.45) is 16.7 Å². The third kappa shape index (κ3) is 4.21. The highest BCUT2D eigenvalue weighted by molar-refractivity contribution is 5.78. The van der Waals surface area contributed by atoms with E-state index in [4.69, 9.17) is 4.74 Å². The van der Waals surface area contributed by atoms with Gasteiger partial charge in [-0.25, -0.2) is 4.39 Å². The number of benzene rings is 1. The van der Waals surface area contributed by atoms with E-state index in [1.165, 1.54) is 12.5 Å². The molecule has 160 valence electrons. The highest BCUT2D eigenvalue weighted by atomic mass is 19.1. The van der Waals surface area contributed by atoms with Crippen molar-refractivity contribution in [2.75, 3.05) is 59.5 Å². The number of rotatable bonds is 6. The van der Waals surface area contributed by atoms with Gasteiger partial charge in [-0.05, 0) is 30.9 Å². The normalized spacial score (nSPS) is 29.0. The molecule has 2 aliphatic heterocycles. The largest absolute Gasteiger partial charge is 0.379 e. The molecule has 2 atom stereocenters. The van der Waals surface area contributed by atoms with Gasteiger partial charge in [-0.1, -0.05) is 32.0 Å². The van der Waals surface area contributed by atoms with E-state index in [-0.39, 0.29) is 17.1 Å². The van der Waals surface area contributed by atoms with E-state index in [1.807, 2.05) is 18.0 Å². The van der Waals surface area contributed by atoms with Gasteiger partial charge in [0, 0.05) is 50.2 Å². The Morgan fingerprint density at radius 1 is 1.28 bits per heavy atom. The van der Waals surface area contributed by atoms with Crippen LogP contribution in [0.2, 0.25) is 0 Å². The second-order valence-corrected chi connectivity index (χ2v) is 10.0. The third-order valence-electron chi connectivity index (χ3n) is 7.20. The van der Waals surface area contributed by atoms with Crippen LogP contribution in [0.25, 0.3) is 0 Å². The summed E-state index contributed by atoms with van der Waals surface area (Å²) >= 11 is 0. The van der Waals surface area contributed by atoms with Gasteiger partial charge in [0.05, 0.1) is 19.8 Å². The number of carbonyl (C=O) groups is 1. The van der Waals surface area contributed by atoms with Gasteiger partial charge < -0.3 is 9.64 Å². The second kappa shape index (κ2) is 7.97. The quantitative estimate of drug-likeness (QED) is 0.731. The van der Waals surface area contributed by atoms with Crippen LogP contribution in [0.1, 0.15) is 25.8 Å².